The first-order valence-corrected chi connectivity index (χ1v) is 6.91. The number of aromatic nitrogens is 1. The number of ether oxygens (including phenoxy) is 1. The second-order valence-electron chi connectivity index (χ2n) is 4.77. The van der Waals surface area contributed by atoms with Gasteiger partial charge in [0.15, 0.2) is 0 Å². The third-order valence-corrected chi connectivity index (χ3v) is 3.78. The normalized spacial score (nSPS) is 10.5. The molecule has 0 bridgehead atoms. The van der Waals surface area contributed by atoms with E-state index in [1.54, 1.807) is 7.11 Å². The highest BCUT2D eigenvalue weighted by molar-refractivity contribution is 6.35. The van der Waals surface area contributed by atoms with Crippen molar-refractivity contribution >= 4 is 22.5 Å². The maximum absolute atomic E-state index is 9.16. The van der Waals surface area contributed by atoms with Gasteiger partial charge in [0.25, 0.3) is 0 Å². The van der Waals surface area contributed by atoms with E-state index in [9.17, 15) is 0 Å². The molecule has 21 heavy (non-hydrogen) atoms. The Morgan fingerprint density at radius 1 is 1.24 bits per heavy atom. The lowest BCUT2D eigenvalue weighted by Gasteiger charge is -2.09. The van der Waals surface area contributed by atoms with Crippen LogP contribution >= 0.6 is 11.6 Å². The molecule has 4 heteroatoms. The van der Waals surface area contributed by atoms with Gasteiger partial charge in [0.05, 0.1) is 23.2 Å². The number of halogens is 1. The highest BCUT2D eigenvalue weighted by atomic mass is 35.5. The first kappa shape index (κ1) is 13.5. The zero-order chi connectivity index (χ0) is 14.8. The smallest absolute Gasteiger partial charge is 0.136 e. The van der Waals surface area contributed by atoms with Gasteiger partial charge in [-0.1, -0.05) is 29.8 Å². The highest BCUT2D eigenvalue weighted by Gasteiger charge is 2.08. The summed E-state index contributed by atoms with van der Waals surface area (Å²) in [7, 11) is 1.56. The first-order chi connectivity index (χ1) is 10.2. The lowest BCUT2D eigenvalue weighted by molar-refractivity contribution is 0.413. The third kappa shape index (κ3) is 2.46. The molecule has 0 atom stereocenters. The molecule has 3 nitrogen and oxygen atoms in total. The molecular formula is C17H13ClN2O. The topological polar surface area (TPSA) is 38.0 Å². The largest absolute Gasteiger partial charge is 0.495 e. The average molecular weight is 297 g/mol. The van der Waals surface area contributed by atoms with Crippen LogP contribution < -0.4 is 4.74 Å². The number of nitrogens with zero attached hydrogens (tertiary/aromatic N) is 2. The summed E-state index contributed by atoms with van der Waals surface area (Å²) in [5.74, 6) is 0.594. The average Bonchev–Trinajstić information content (AvgIpc) is 2.91. The maximum Gasteiger partial charge on any atom is 0.136 e. The minimum atomic E-state index is 0.539. The van der Waals surface area contributed by atoms with Crippen LogP contribution in [0.3, 0.4) is 0 Å². The highest BCUT2D eigenvalue weighted by Crippen LogP contribution is 2.26. The van der Waals surface area contributed by atoms with Crippen LogP contribution in [0.2, 0.25) is 5.02 Å². The van der Waals surface area contributed by atoms with E-state index in [-0.39, 0.29) is 0 Å². The Bertz CT molecular complexity index is 846. The van der Waals surface area contributed by atoms with Crippen molar-refractivity contribution in [2.24, 2.45) is 0 Å². The number of rotatable bonds is 3. The van der Waals surface area contributed by atoms with Crippen molar-refractivity contribution in [2.75, 3.05) is 7.11 Å². The Balaban J connectivity index is 2.01. The maximum atomic E-state index is 9.16. The first-order valence-electron chi connectivity index (χ1n) is 6.53. The Labute approximate surface area is 127 Å². The molecule has 1 heterocycles. The number of nitriles is 1. The fourth-order valence-corrected chi connectivity index (χ4v) is 2.77. The molecule has 0 aliphatic heterocycles. The summed E-state index contributed by atoms with van der Waals surface area (Å²) >= 11 is 6.28. The van der Waals surface area contributed by atoms with Crippen LogP contribution in [0.4, 0.5) is 0 Å². The molecule has 0 aliphatic carbocycles. The van der Waals surface area contributed by atoms with Gasteiger partial charge in [0, 0.05) is 18.1 Å². The van der Waals surface area contributed by atoms with E-state index in [1.807, 2.05) is 48.7 Å². The molecule has 3 aromatic rings. The van der Waals surface area contributed by atoms with Crippen molar-refractivity contribution in [1.29, 1.82) is 5.26 Å². The van der Waals surface area contributed by atoms with Gasteiger partial charge in [-0.2, -0.15) is 5.26 Å². The SMILES string of the molecule is COc1ccc(Cn2ccc3cccc(Cl)c32)cc1C#N. The van der Waals surface area contributed by atoms with Crippen molar-refractivity contribution in [1.82, 2.24) is 4.57 Å². The van der Waals surface area contributed by atoms with Gasteiger partial charge in [0.1, 0.15) is 11.8 Å². The van der Waals surface area contributed by atoms with Crippen LogP contribution in [0.15, 0.2) is 48.7 Å². The van der Waals surface area contributed by atoms with Crippen molar-refractivity contribution < 1.29 is 4.74 Å². The van der Waals surface area contributed by atoms with Crippen molar-refractivity contribution in [2.45, 2.75) is 6.54 Å². The molecule has 104 valence electrons. The molecule has 0 fully saturated rings. The van der Waals surface area contributed by atoms with E-state index in [4.69, 9.17) is 21.6 Å². The number of fused-ring (bicyclic) bond motifs is 1. The van der Waals surface area contributed by atoms with E-state index in [0.717, 1.165) is 21.5 Å². The summed E-state index contributed by atoms with van der Waals surface area (Å²) in [6, 6.07) is 15.7. The van der Waals surface area contributed by atoms with Crippen molar-refractivity contribution in [3.05, 3.63) is 64.8 Å². The summed E-state index contributed by atoms with van der Waals surface area (Å²) in [6.07, 6.45) is 2.01. The Hall–Kier alpha value is -2.44. The van der Waals surface area contributed by atoms with Crippen molar-refractivity contribution in [3.63, 3.8) is 0 Å². The summed E-state index contributed by atoms with van der Waals surface area (Å²) in [5, 5.41) is 11.0. The van der Waals surface area contributed by atoms with Gasteiger partial charge < -0.3 is 9.30 Å². The molecular weight excluding hydrogens is 284 g/mol. The second kappa shape index (κ2) is 5.51. The van der Waals surface area contributed by atoms with Crippen molar-refractivity contribution in [3.8, 4) is 11.8 Å². The summed E-state index contributed by atoms with van der Waals surface area (Å²) in [6.45, 7) is 0.659. The third-order valence-electron chi connectivity index (χ3n) is 3.48. The fourth-order valence-electron chi connectivity index (χ4n) is 2.48. The molecule has 0 saturated carbocycles. The van der Waals surface area contributed by atoms with E-state index in [1.165, 1.54) is 0 Å². The van der Waals surface area contributed by atoms with Crippen LogP contribution in [-0.2, 0) is 6.54 Å². The molecule has 0 saturated heterocycles. The molecule has 0 amide bonds. The number of para-hydroxylation sites is 1. The molecule has 0 N–H and O–H groups in total. The monoisotopic (exact) mass is 296 g/mol. The minimum absolute atomic E-state index is 0.539. The summed E-state index contributed by atoms with van der Waals surface area (Å²) in [5.41, 5.74) is 2.58. The van der Waals surface area contributed by atoms with Crippen LogP contribution in [-0.4, -0.2) is 11.7 Å². The molecule has 0 spiro atoms. The minimum Gasteiger partial charge on any atom is -0.495 e. The number of hydrogen-bond acceptors (Lipinski definition) is 2. The van der Waals surface area contributed by atoms with Gasteiger partial charge in [-0.15, -0.1) is 0 Å². The number of methoxy groups -OCH3 is 1. The second-order valence-corrected chi connectivity index (χ2v) is 5.17. The van der Waals surface area contributed by atoms with Gasteiger partial charge in [-0.3, -0.25) is 0 Å². The molecule has 1 aromatic heterocycles. The lowest BCUT2D eigenvalue weighted by Crippen LogP contribution is -1.99. The van der Waals surface area contributed by atoms with E-state index < -0.39 is 0 Å². The number of benzene rings is 2. The van der Waals surface area contributed by atoms with E-state index >= 15 is 0 Å². The van der Waals surface area contributed by atoms with Gasteiger partial charge in [-0.05, 0) is 29.8 Å². The molecule has 2 aromatic carbocycles. The predicted octanol–water partition coefficient (Wildman–Crippen LogP) is 4.22. The predicted molar refractivity (Wildman–Crippen MR) is 83.8 cm³/mol. The Morgan fingerprint density at radius 3 is 2.86 bits per heavy atom. The van der Waals surface area contributed by atoms with Crippen LogP contribution in [0.1, 0.15) is 11.1 Å². The van der Waals surface area contributed by atoms with Crippen LogP contribution in [0.5, 0.6) is 5.75 Å². The van der Waals surface area contributed by atoms with Gasteiger partial charge in [-0.25, -0.2) is 0 Å². The van der Waals surface area contributed by atoms with Crippen LogP contribution in [0, 0.1) is 11.3 Å². The lowest BCUT2D eigenvalue weighted by atomic mass is 10.1. The van der Waals surface area contributed by atoms with E-state index in [0.29, 0.717) is 17.9 Å². The summed E-state index contributed by atoms with van der Waals surface area (Å²) < 4.78 is 7.25. The summed E-state index contributed by atoms with van der Waals surface area (Å²) in [4.78, 5) is 0. The molecule has 0 unspecified atom stereocenters. The fraction of sp³-hybridized carbons (Fsp3) is 0.118. The van der Waals surface area contributed by atoms with Gasteiger partial charge in [0.2, 0.25) is 0 Å². The Morgan fingerprint density at radius 2 is 2.10 bits per heavy atom. The molecule has 0 aliphatic rings. The molecule has 3 rings (SSSR count). The van der Waals surface area contributed by atoms with Gasteiger partial charge >= 0.3 is 0 Å². The van der Waals surface area contributed by atoms with E-state index in [2.05, 4.69) is 10.6 Å². The Kier molecular flexibility index (Phi) is 3.55. The number of hydrogen-bond donors (Lipinski definition) is 0. The quantitative estimate of drug-likeness (QED) is 0.725. The zero-order valence-electron chi connectivity index (χ0n) is 11.5. The standard InChI is InChI=1S/C17H13ClN2O/c1-21-16-6-5-12(9-14(16)10-19)11-20-8-7-13-3-2-4-15(18)17(13)20/h2-9H,11H2,1H3. The molecule has 0 radical (unpaired) electrons. The zero-order valence-corrected chi connectivity index (χ0v) is 12.3. The van der Waals surface area contributed by atoms with Crippen LogP contribution in [0.25, 0.3) is 10.9 Å².